The molecule has 3 amide bonds. The smallest absolute Gasteiger partial charge is 0.329 e. The van der Waals surface area contributed by atoms with Crippen LogP contribution in [-0.4, -0.2) is 50.4 Å². The fourth-order valence-corrected chi connectivity index (χ4v) is 5.98. The Labute approximate surface area is 202 Å². The van der Waals surface area contributed by atoms with Gasteiger partial charge in [-0.25, -0.2) is 18.1 Å². The molecule has 180 valence electrons. The van der Waals surface area contributed by atoms with E-state index in [0.29, 0.717) is 29.4 Å². The van der Waals surface area contributed by atoms with E-state index in [1.807, 2.05) is 30.3 Å². The number of carbonyl (C=O) groups excluding carboxylic acids is 2. The first-order chi connectivity index (χ1) is 16.9. The molecule has 3 aromatic carbocycles. The van der Waals surface area contributed by atoms with Gasteiger partial charge in [0.25, 0.3) is 5.91 Å². The summed E-state index contributed by atoms with van der Waals surface area (Å²) in [4.78, 5) is 27.3. The summed E-state index contributed by atoms with van der Waals surface area (Å²) in [6.07, 6.45) is 0.342. The average Bonchev–Trinajstić information content (AvgIpc) is 3.31. The fraction of sp³-hybridized carbons (Fsp3) is 0.200. The van der Waals surface area contributed by atoms with E-state index in [1.54, 1.807) is 36.4 Å². The van der Waals surface area contributed by atoms with Gasteiger partial charge in [-0.2, -0.15) is 4.31 Å². The lowest BCUT2D eigenvalue weighted by Crippen LogP contribution is -2.64. The highest BCUT2D eigenvalue weighted by Crippen LogP contribution is 2.33. The second-order valence-corrected chi connectivity index (χ2v) is 10.1. The summed E-state index contributed by atoms with van der Waals surface area (Å²) >= 11 is 0. The van der Waals surface area contributed by atoms with Crippen molar-refractivity contribution in [3.63, 3.8) is 0 Å². The van der Waals surface area contributed by atoms with Crippen LogP contribution in [0.1, 0.15) is 6.42 Å². The summed E-state index contributed by atoms with van der Waals surface area (Å²) in [6.45, 7) is 0.118. The SMILES string of the molecule is COc1ccc(S(=O)(=O)N2CC[C@@H]3NC(=O)N(c4ccc(Oc5ccccc5)cc4)C(=O)[C@H]32)cc1. The minimum Gasteiger partial charge on any atom is -0.497 e. The van der Waals surface area contributed by atoms with Crippen LogP contribution in [-0.2, 0) is 14.8 Å². The van der Waals surface area contributed by atoms with E-state index < -0.39 is 34.0 Å². The number of fused-ring (bicyclic) bond motifs is 1. The van der Waals surface area contributed by atoms with Crippen molar-refractivity contribution in [2.45, 2.75) is 23.4 Å². The maximum atomic E-state index is 13.5. The van der Waals surface area contributed by atoms with Crippen molar-refractivity contribution < 1.29 is 27.5 Å². The number of para-hydroxylation sites is 1. The van der Waals surface area contributed by atoms with E-state index in [-0.39, 0.29) is 11.4 Å². The highest BCUT2D eigenvalue weighted by molar-refractivity contribution is 7.89. The van der Waals surface area contributed by atoms with Crippen LogP contribution in [0.15, 0.2) is 83.8 Å². The van der Waals surface area contributed by atoms with E-state index in [0.717, 1.165) is 4.90 Å². The quantitative estimate of drug-likeness (QED) is 0.565. The van der Waals surface area contributed by atoms with Gasteiger partial charge in [0.05, 0.1) is 23.7 Å². The first-order valence-corrected chi connectivity index (χ1v) is 12.5. The van der Waals surface area contributed by atoms with E-state index in [9.17, 15) is 18.0 Å². The van der Waals surface area contributed by atoms with Crippen molar-refractivity contribution in [2.24, 2.45) is 0 Å². The molecule has 3 aromatic rings. The van der Waals surface area contributed by atoms with Crippen LogP contribution in [0.5, 0.6) is 17.2 Å². The number of imide groups is 1. The molecule has 2 aliphatic heterocycles. The molecular formula is C25H23N3O6S. The van der Waals surface area contributed by atoms with E-state index in [1.165, 1.54) is 23.5 Å². The highest BCUT2D eigenvalue weighted by atomic mass is 32.2. The molecule has 0 saturated carbocycles. The molecule has 9 nitrogen and oxygen atoms in total. The molecule has 2 fully saturated rings. The van der Waals surface area contributed by atoms with Crippen LogP contribution in [0.2, 0.25) is 0 Å². The lowest BCUT2D eigenvalue weighted by atomic mass is 10.1. The minimum atomic E-state index is -3.97. The third kappa shape index (κ3) is 4.22. The molecule has 0 aliphatic carbocycles. The lowest BCUT2D eigenvalue weighted by Gasteiger charge is -2.36. The van der Waals surface area contributed by atoms with Crippen LogP contribution in [0.3, 0.4) is 0 Å². The molecule has 35 heavy (non-hydrogen) atoms. The Morgan fingerprint density at radius 1 is 0.857 bits per heavy atom. The zero-order valence-corrected chi connectivity index (χ0v) is 19.6. The predicted octanol–water partition coefficient (Wildman–Crippen LogP) is 3.38. The number of carbonyl (C=O) groups is 2. The third-order valence-electron chi connectivity index (χ3n) is 6.08. The number of methoxy groups -OCH3 is 1. The molecule has 2 aliphatic rings. The van der Waals surface area contributed by atoms with Gasteiger partial charge in [0.1, 0.15) is 23.3 Å². The zero-order valence-electron chi connectivity index (χ0n) is 18.8. The van der Waals surface area contributed by atoms with Gasteiger partial charge in [0.15, 0.2) is 0 Å². The second kappa shape index (κ2) is 9.05. The zero-order chi connectivity index (χ0) is 24.6. The van der Waals surface area contributed by atoms with Gasteiger partial charge in [0, 0.05) is 6.54 Å². The molecule has 2 saturated heterocycles. The Kier molecular flexibility index (Phi) is 5.91. The van der Waals surface area contributed by atoms with Crippen LogP contribution in [0, 0.1) is 0 Å². The normalized spacial score (nSPS) is 20.3. The van der Waals surface area contributed by atoms with Crippen molar-refractivity contribution in [1.82, 2.24) is 9.62 Å². The standard InChI is InChI=1S/C25H23N3O6S/c1-33-18-11-13-21(14-12-18)35(31,32)27-16-15-22-23(27)24(29)28(25(30)26-22)17-7-9-20(10-8-17)34-19-5-3-2-4-6-19/h2-14,22-23H,15-16H2,1H3,(H,26,30)/t22-,23-/m0/s1. The predicted molar refractivity (Wildman–Crippen MR) is 128 cm³/mol. The maximum Gasteiger partial charge on any atom is 0.329 e. The van der Waals surface area contributed by atoms with Gasteiger partial charge in [-0.15, -0.1) is 0 Å². The minimum absolute atomic E-state index is 0.0533. The molecular weight excluding hydrogens is 470 g/mol. The number of amides is 3. The summed E-state index contributed by atoms with van der Waals surface area (Å²) in [5.41, 5.74) is 0.319. The molecule has 10 heteroatoms. The van der Waals surface area contributed by atoms with E-state index in [2.05, 4.69) is 5.32 Å². The Morgan fingerprint density at radius 3 is 2.14 bits per heavy atom. The summed E-state index contributed by atoms with van der Waals surface area (Å²) in [5, 5.41) is 2.79. The largest absolute Gasteiger partial charge is 0.497 e. The number of hydrogen-bond donors (Lipinski definition) is 1. The number of anilines is 1. The van der Waals surface area contributed by atoms with Crippen molar-refractivity contribution in [2.75, 3.05) is 18.6 Å². The molecule has 5 rings (SSSR count). The molecule has 0 unspecified atom stereocenters. The van der Waals surface area contributed by atoms with Crippen LogP contribution in [0.25, 0.3) is 0 Å². The monoisotopic (exact) mass is 493 g/mol. The number of urea groups is 1. The molecule has 2 atom stereocenters. The fourth-order valence-electron chi connectivity index (χ4n) is 4.35. The Balaban J connectivity index is 1.39. The number of ether oxygens (including phenoxy) is 2. The van der Waals surface area contributed by atoms with Crippen molar-refractivity contribution >= 4 is 27.6 Å². The average molecular weight is 494 g/mol. The molecule has 2 heterocycles. The first kappa shape index (κ1) is 22.9. The summed E-state index contributed by atoms with van der Waals surface area (Å²) in [6, 6.07) is 19.4. The number of rotatable bonds is 6. The van der Waals surface area contributed by atoms with E-state index in [4.69, 9.17) is 9.47 Å². The van der Waals surface area contributed by atoms with Gasteiger partial charge >= 0.3 is 6.03 Å². The molecule has 0 spiro atoms. The number of nitrogens with one attached hydrogen (secondary N) is 1. The van der Waals surface area contributed by atoms with Gasteiger partial charge < -0.3 is 14.8 Å². The maximum absolute atomic E-state index is 13.5. The van der Waals surface area contributed by atoms with Gasteiger partial charge in [0.2, 0.25) is 10.0 Å². The molecule has 0 radical (unpaired) electrons. The molecule has 0 bridgehead atoms. The van der Waals surface area contributed by atoms with Crippen molar-refractivity contribution in [3.8, 4) is 17.2 Å². The Hall–Kier alpha value is -3.89. The molecule has 0 aromatic heterocycles. The number of nitrogens with zero attached hydrogens (tertiary/aromatic N) is 2. The Bertz CT molecular complexity index is 1340. The first-order valence-electron chi connectivity index (χ1n) is 11.0. The van der Waals surface area contributed by atoms with Crippen LogP contribution in [0.4, 0.5) is 10.5 Å². The summed E-state index contributed by atoms with van der Waals surface area (Å²) < 4.78 is 38.8. The van der Waals surface area contributed by atoms with Gasteiger partial charge in [-0.1, -0.05) is 18.2 Å². The summed E-state index contributed by atoms with van der Waals surface area (Å²) in [5.74, 6) is 1.12. The van der Waals surface area contributed by atoms with Gasteiger partial charge in [-0.3, -0.25) is 4.79 Å². The number of hydrogen-bond acceptors (Lipinski definition) is 6. The number of benzene rings is 3. The van der Waals surface area contributed by atoms with Gasteiger partial charge in [-0.05, 0) is 67.1 Å². The van der Waals surface area contributed by atoms with Crippen molar-refractivity contribution in [3.05, 3.63) is 78.9 Å². The lowest BCUT2D eigenvalue weighted by molar-refractivity contribution is -0.122. The highest BCUT2D eigenvalue weighted by Gasteiger charge is 2.52. The summed E-state index contributed by atoms with van der Waals surface area (Å²) in [7, 11) is -2.48. The molecule has 1 N–H and O–H groups in total. The topological polar surface area (TPSA) is 105 Å². The van der Waals surface area contributed by atoms with Crippen LogP contribution >= 0.6 is 0 Å². The third-order valence-corrected chi connectivity index (χ3v) is 7.97. The second-order valence-electron chi connectivity index (χ2n) is 8.16. The van der Waals surface area contributed by atoms with Crippen molar-refractivity contribution in [1.29, 1.82) is 0 Å². The van der Waals surface area contributed by atoms with Crippen LogP contribution < -0.4 is 19.7 Å². The van der Waals surface area contributed by atoms with E-state index >= 15 is 0 Å². The number of sulfonamides is 1. The Morgan fingerprint density at radius 2 is 1.49 bits per heavy atom.